The van der Waals surface area contributed by atoms with Crippen molar-refractivity contribution in [2.24, 2.45) is 5.92 Å². The molecule has 12 heteroatoms. The molecule has 8 atom stereocenters. The lowest BCUT2D eigenvalue weighted by Crippen LogP contribution is -2.60. The van der Waals surface area contributed by atoms with Gasteiger partial charge in [-0.1, -0.05) is 54.6 Å². The third-order valence-electron chi connectivity index (χ3n) is 8.87. The summed E-state index contributed by atoms with van der Waals surface area (Å²) < 4.78 is 25.2. The van der Waals surface area contributed by atoms with Crippen molar-refractivity contribution >= 4 is 17.6 Å². The summed E-state index contributed by atoms with van der Waals surface area (Å²) in [6.07, 6.45) is -9.86. The smallest absolute Gasteiger partial charge is 0.335 e. The van der Waals surface area contributed by atoms with Crippen LogP contribution in [-0.2, 0) is 19.1 Å². The number of carbonyl (C=O) groups is 2. The van der Waals surface area contributed by atoms with E-state index in [-0.39, 0.29) is 30.2 Å². The number of phenolic OH excluding ortho intramolecular Hbond substituents is 2. The number of halogens is 1. The highest BCUT2D eigenvalue weighted by Gasteiger charge is 2.51. The molecule has 48 heavy (non-hydrogen) atoms. The number of hydrogen-bond acceptors (Lipinski definition) is 9. The quantitative estimate of drug-likeness (QED) is 0.136. The minimum absolute atomic E-state index is 0.0587. The molecule has 0 aromatic heterocycles. The van der Waals surface area contributed by atoms with E-state index >= 15 is 0 Å². The summed E-state index contributed by atoms with van der Waals surface area (Å²) in [7, 11) is 0. The average Bonchev–Trinajstić information content (AvgIpc) is 3.07. The molecule has 0 bridgehead atoms. The predicted octanol–water partition coefficient (Wildman–Crippen LogP) is 4.04. The van der Waals surface area contributed by atoms with Gasteiger partial charge in [0, 0.05) is 11.3 Å². The molecule has 0 spiro atoms. The van der Waals surface area contributed by atoms with Gasteiger partial charge in [0.05, 0.1) is 18.1 Å². The van der Waals surface area contributed by atoms with Crippen LogP contribution in [0.25, 0.3) is 11.1 Å². The van der Waals surface area contributed by atoms with Crippen LogP contribution in [0.1, 0.15) is 36.1 Å². The number of carboxylic acids is 1. The lowest BCUT2D eigenvalue weighted by Gasteiger charge is -2.48. The zero-order valence-electron chi connectivity index (χ0n) is 25.4. The summed E-state index contributed by atoms with van der Waals surface area (Å²) in [5.74, 6) is -2.96. The Morgan fingerprint density at radius 3 is 2.23 bits per heavy atom. The molecule has 2 saturated heterocycles. The maximum atomic E-state index is 13.9. The number of phenols is 2. The van der Waals surface area contributed by atoms with Gasteiger partial charge in [0.1, 0.15) is 35.6 Å². The molecule has 11 nitrogen and oxygen atoms in total. The summed E-state index contributed by atoms with van der Waals surface area (Å²) in [6.45, 7) is 0. The van der Waals surface area contributed by atoms with Gasteiger partial charge in [-0.3, -0.25) is 4.79 Å². The third kappa shape index (κ3) is 6.48. The number of carboxylic acid groups (broad SMARTS) is 1. The standard InChI is InChI=1S/C36H34FNO10/c37-22-12-9-19(10-13-22)28(47-36-32(43)30(41)31(42)33(48-36)35(45)46)16-15-26-29(38(34(26)44)23-6-2-1-3-7-23)25-14-11-21(18-27(25)40)20-5-4-8-24(39)17-20/h1-14,17-18,26,28-33,36,39-43H,15-16H2,(H,45,46)/t26-,28+,29-,30+,31+,32-,33+,36-/m1/s1. The van der Waals surface area contributed by atoms with Crippen molar-refractivity contribution in [3.05, 3.63) is 114 Å². The number of anilines is 1. The van der Waals surface area contributed by atoms with E-state index in [4.69, 9.17) is 9.47 Å². The van der Waals surface area contributed by atoms with E-state index < -0.39 is 60.6 Å². The maximum absolute atomic E-state index is 13.9. The molecule has 4 aromatic rings. The number of para-hydroxylation sites is 1. The first-order chi connectivity index (χ1) is 23.0. The molecule has 0 unspecified atom stereocenters. The number of aliphatic carboxylic acids is 1. The topological polar surface area (TPSA) is 177 Å². The van der Waals surface area contributed by atoms with Gasteiger partial charge in [-0.2, -0.15) is 0 Å². The largest absolute Gasteiger partial charge is 0.508 e. The Balaban J connectivity index is 1.29. The number of aromatic hydroxyl groups is 2. The highest BCUT2D eigenvalue weighted by molar-refractivity contribution is 6.03. The molecule has 0 saturated carbocycles. The van der Waals surface area contributed by atoms with Crippen molar-refractivity contribution in [3.63, 3.8) is 0 Å². The van der Waals surface area contributed by atoms with Gasteiger partial charge >= 0.3 is 5.97 Å². The van der Waals surface area contributed by atoms with Crippen LogP contribution in [0, 0.1) is 11.7 Å². The summed E-state index contributed by atoms with van der Waals surface area (Å²) in [6, 6.07) is 25.3. The van der Waals surface area contributed by atoms with E-state index in [1.807, 2.05) is 6.07 Å². The van der Waals surface area contributed by atoms with Crippen LogP contribution in [0.4, 0.5) is 10.1 Å². The van der Waals surface area contributed by atoms with E-state index in [1.54, 1.807) is 71.6 Å². The Morgan fingerprint density at radius 1 is 0.854 bits per heavy atom. The lowest BCUT2D eigenvalue weighted by atomic mass is 9.77. The van der Waals surface area contributed by atoms with Gasteiger partial charge in [-0.05, 0) is 72.0 Å². The van der Waals surface area contributed by atoms with E-state index in [0.717, 1.165) is 0 Å². The monoisotopic (exact) mass is 659 g/mol. The number of carbonyl (C=O) groups excluding carboxylic acids is 1. The molecule has 0 radical (unpaired) electrons. The fourth-order valence-corrected chi connectivity index (χ4v) is 6.37. The normalized spacial score (nSPS) is 26.1. The molecule has 4 aromatic carbocycles. The molecule has 2 fully saturated rings. The third-order valence-corrected chi connectivity index (χ3v) is 8.87. The minimum atomic E-state index is -1.91. The Morgan fingerprint density at radius 2 is 1.56 bits per heavy atom. The average molecular weight is 660 g/mol. The molecule has 0 aliphatic carbocycles. The zero-order valence-corrected chi connectivity index (χ0v) is 25.4. The molecule has 6 rings (SSSR count). The van der Waals surface area contributed by atoms with Gasteiger partial charge in [-0.25, -0.2) is 9.18 Å². The Hall–Kier alpha value is -4.85. The second kappa shape index (κ2) is 13.7. The highest BCUT2D eigenvalue weighted by Crippen LogP contribution is 2.49. The number of amides is 1. The van der Waals surface area contributed by atoms with E-state index in [9.17, 15) is 44.6 Å². The molecule has 250 valence electrons. The lowest BCUT2D eigenvalue weighted by molar-refractivity contribution is -0.306. The number of β-lactam (4-membered cyclic amide) rings is 1. The molecule has 6 N–H and O–H groups in total. The molecular weight excluding hydrogens is 625 g/mol. The van der Waals surface area contributed by atoms with Crippen LogP contribution in [0.5, 0.6) is 11.5 Å². The SMILES string of the molecule is O=C(O)[C@H]1O[C@@H](O[C@@H](CC[C@H]2C(=O)N(c3ccccc3)[C@@H]2c2ccc(-c3cccc(O)c3)cc2O)c2ccc(F)cc2)[C@H](O)[C@@H](O)[C@@H]1O. The summed E-state index contributed by atoms with van der Waals surface area (Å²) >= 11 is 0. The fourth-order valence-electron chi connectivity index (χ4n) is 6.37. The van der Waals surface area contributed by atoms with Crippen LogP contribution in [-0.4, -0.2) is 73.2 Å². The van der Waals surface area contributed by atoms with Gasteiger partial charge in [0.15, 0.2) is 12.4 Å². The number of aliphatic hydroxyl groups excluding tert-OH is 3. The van der Waals surface area contributed by atoms with Crippen molar-refractivity contribution in [2.75, 3.05) is 4.90 Å². The molecule has 2 aliphatic heterocycles. The zero-order chi connectivity index (χ0) is 34.1. The van der Waals surface area contributed by atoms with Crippen LogP contribution < -0.4 is 4.90 Å². The van der Waals surface area contributed by atoms with Gasteiger partial charge in [0.2, 0.25) is 5.91 Å². The summed E-state index contributed by atoms with van der Waals surface area (Å²) in [5, 5.41) is 61.7. The maximum Gasteiger partial charge on any atom is 0.335 e. The van der Waals surface area contributed by atoms with Crippen LogP contribution >= 0.6 is 0 Å². The Kier molecular flexibility index (Phi) is 9.45. The number of nitrogens with zero attached hydrogens (tertiary/aromatic N) is 1. The first kappa shape index (κ1) is 33.1. The van der Waals surface area contributed by atoms with Crippen molar-refractivity contribution in [1.82, 2.24) is 0 Å². The number of ether oxygens (including phenoxy) is 2. The second-order valence-electron chi connectivity index (χ2n) is 11.9. The van der Waals surface area contributed by atoms with Crippen molar-refractivity contribution in [3.8, 4) is 22.6 Å². The van der Waals surface area contributed by atoms with Crippen LogP contribution in [0.15, 0.2) is 97.1 Å². The van der Waals surface area contributed by atoms with E-state index in [0.29, 0.717) is 27.9 Å². The first-order valence-electron chi connectivity index (χ1n) is 15.4. The van der Waals surface area contributed by atoms with E-state index in [2.05, 4.69) is 0 Å². The molecule has 2 aliphatic rings. The molecule has 1 amide bonds. The summed E-state index contributed by atoms with van der Waals surface area (Å²) in [5.41, 5.74) is 2.88. The summed E-state index contributed by atoms with van der Waals surface area (Å²) in [4.78, 5) is 27.0. The highest BCUT2D eigenvalue weighted by atomic mass is 19.1. The first-order valence-corrected chi connectivity index (χ1v) is 15.4. The van der Waals surface area contributed by atoms with Crippen LogP contribution in [0.2, 0.25) is 0 Å². The van der Waals surface area contributed by atoms with Gasteiger partial charge < -0.3 is 45.0 Å². The number of aliphatic hydroxyl groups is 3. The number of benzene rings is 4. The minimum Gasteiger partial charge on any atom is -0.508 e. The van der Waals surface area contributed by atoms with Gasteiger partial charge in [-0.15, -0.1) is 0 Å². The fraction of sp³-hybridized carbons (Fsp3) is 0.278. The molecule has 2 heterocycles. The predicted molar refractivity (Wildman–Crippen MR) is 169 cm³/mol. The van der Waals surface area contributed by atoms with Crippen molar-refractivity contribution < 1.29 is 54.1 Å². The Bertz CT molecular complexity index is 1770. The van der Waals surface area contributed by atoms with Crippen molar-refractivity contribution in [1.29, 1.82) is 0 Å². The van der Waals surface area contributed by atoms with Crippen LogP contribution in [0.3, 0.4) is 0 Å². The van der Waals surface area contributed by atoms with E-state index in [1.165, 1.54) is 24.3 Å². The number of hydrogen-bond donors (Lipinski definition) is 6. The number of rotatable bonds is 10. The van der Waals surface area contributed by atoms with Crippen molar-refractivity contribution in [2.45, 2.75) is 55.7 Å². The second-order valence-corrected chi connectivity index (χ2v) is 11.9. The Labute approximate surface area is 274 Å². The van der Waals surface area contributed by atoms with Gasteiger partial charge in [0.25, 0.3) is 0 Å². The molecular formula is C36H34FNO10.